The zero-order chi connectivity index (χ0) is 14.7. The molecule has 4 amide bonds. The van der Waals surface area contributed by atoms with E-state index in [9.17, 15) is 9.59 Å². The first kappa shape index (κ1) is 16.2. The Bertz CT molecular complexity index is 347. The minimum Gasteiger partial charge on any atom is -0.468 e. The van der Waals surface area contributed by atoms with Gasteiger partial charge in [-0.15, -0.1) is 0 Å². The molecule has 0 saturated carbocycles. The highest BCUT2D eigenvalue weighted by atomic mass is 16.5. The summed E-state index contributed by atoms with van der Waals surface area (Å²) in [4.78, 5) is 27.4. The van der Waals surface area contributed by atoms with Crippen LogP contribution in [0.15, 0.2) is 0 Å². The largest absolute Gasteiger partial charge is 0.468 e. The highest BCUT2D eigenvalue weighted by molar-refractivity contribution is 6.08. The van der Waals surface area contributed by atoms with Crippen molar-refractivity contribution in [3.8, 4) is 0 Å². The molecular weight excluding hydrogens is 236 g/mol. The van der Waals surface area contributed by atoms with Crippen molar-refractivity contribution < 1.29 is 14.3 Å². The fraction of sp³-hybridized carbons (Fsp3) is 0.727. The summed E-state index contributed by atoms with van der Waals surface area (Å²) in [6.07, 6.45) is 0. The maximum absolute atomic E-state index is 12.2. The van der Waals surface area contributed by atoms with E-state index in [4.69, 9.17) is 5.41 Å². The van der Waals surface area contributed by atoms with Crippen LogP contribution in [0.25, 0.3) is 0 Å². The molecule has 0 heterocycles. The van der Waals surface area contributed by atoms with E-state index in [1.54, 1.807) is 7.05 Å². The summed E-state index contributed by atoms with van der Waals surface area (Å²) in [7, 11) is 5.81. The van der Waals surface area contributed by atoms with Crippen LogP contribution in [-0.4, -0.2) is 66.6 Å². The van der Waals surface area contributed by atoms with Crippen molar-refractivity contribution in [1.29, 1.82) is 5.41 Å². The van der Waals surface area contributed by atoms with E-state index in [-0.39, 0.29) is 0 Å². The molecule has 0 aromatic rings. The van der Waals surface area contributed by atoms with E-state index < -0.39 is 23.6 Å². The average molecular weight is 258 g/mol. The number of ether oxygens (including phenoxy) is 1. The van der Waals surface area contributed by atoms with Crippen LogP contribution in [-0.2, 0) is 4.74 Å². The summed E-state index contributed by atoms with van der Waals surface area (Å²) in [6.45, 7) is 5.50. The molecule has 0 aliphatic carbocycles. The number of imide groups is 1. The van der Waals surface area contributed by atoms with Gasteiger partial charge in [0, 0.05) is 26.7 Å². The normalized spacial score (nSPS) is 10.6. The Hall–Kier alpha value is -1.79. The van der Waals surface area contributed by atoms with Gasteiger partial charge in [-0.3, -0.25) is 5.41 Å². The van der Waals surface area contributed by atoms with Gasteiger partial charge in [-0.05, 0) is 20.8 Å². The van der Waals surface area contributed by atoms with Crippen LogP contribution < -0.4 is 0 Å². The number of amidine groups is 1. The maximum atomic E-state index is 12.2. The summed E-state index contributed by atoms with van der Waals surface area (Å²) in [6, 6.07) is -1.73. The number of nitrogens with one attached hydrogen (secondary N) is 1. The highest BCUT2D eigenvalue weighted by Gasteiger charge is 2.34. The summed E-state index contributed by atoms with van der Waals surface area (Å²) < 4.78 is 4.68. The minimum absolute atomic E-state index is 0.462. The zero-order valence-corrected chi connectivity index (χ0v) is 12.1. The van der Waals surface area contributed by atoms with Gasteiger partial charge in [-0.2, -0.15) is 4.90 Å². The van der Waals surface area contributed by atoms with Crippen LogP contribution in [0.1, 0.15) is 20.8 Å². The fourth-order valence-corrected chi connectivity index (χ4v) is 0.984. The number of nitrogens with zero attached hydrogens (tertiary/aromatic N) is 3. The monoisotopic (exact) mass is 258 g/mol. The van der Waals surface area contributed by atoms with Crippen molar-refractivity contribution in [2.24, 2.45) is 0 Å². The van der Waals surface area contributed by atoms with Crippen LogP contribution in [0, 0.1) is 5.41 Å². The fourth-order valence-electron chi connectivity index (χ4n) is 0.984. The van der Waals surface area contributed by atoms with Crippen molar-refractivity contribution in [3.63, 3.8) is 0 Å². The molecule has 0 spiro atoms. The number of hydrogen-bond acceptors (Lipinski definition) is 4. The van der Waals surface area contributed by atoms with E-state index in [1.807, 2.05) is 20.8 Å². The predicted octanol–water partition coefficient (Wildman–Crippen LogP) is 1.40. The minimum atomic E-state index is -0.622. The lowest BCUT2D eigenvalue weighted by atomic mass is 10.1. The third-order valence-electron chi connectivity index (χ3n) is 2.45. The molecule has 0 saturated heterocycles. The number of rotatable bonds is 0. The number of carbonyl (C=O) groups is 2. The summed E-state index contributed by atoms with van der Waals surface area (Å²) >= 11 is 0. The number of urea groups is 2. The quantitative estimate of drug-likeness (QED) is 0.527. The number of methoxy groups -OCH3 is 1. The molecule has 104 valence electrons. The van der Waals surface area contributed by atoms with Crippen molar-refractivity contribution in [3.05, 3.63) is 0 Å². The van der Waals surface area contributed by atoms with E-state index >= 15 is 0 Å². The molecule has 0 unspecified atom stereocenters. The summed E-state index contributed by atoms with van der Waals surface area (Å²) in [5.74, 6) is 0. The molecule has 0 aliphatic heterocycles. The smallest absolute Gasteiger partial charge is 0.336 e. The first-order valence-corrected chi connectivity index (χ1v) is 5.45. The number of amides is 4. The first-order chi connectivity index (χ1) is 8.03. The molecule has 7 nitrogen and oxygen atoms in total. The van der Waals surface area contributed by atoms with Crippen molar-refractivity contribution in [2.75, 3.05) is 28.3 Å². The van der Waals surface area contributed by atoms with Crippen LogP contribution in [0.2, 0.25) is 0 Å². The van der Waals surface area contributed by atoms with Gasteiger partial charge >= 0.3 is 18.1 Å². The molecule has 18 heavy (non-hydrogen) atoms. The Morgan fingerprint density at radius 3 is 1.78 bits per heavy atom. The molecule has 0 bridgehead atoms. The van der Waals surface area contributed by atoms with Crippen molar-refractivity contribution in [1.82, 2.24) is 14.7 Å². The topological polar surface area (TPSA) is 76.9 Å². The van der Waals surface area contributed by atoms with Gasteiger partial charge in [0.05, 0.1) is 7.11 Å². The molecule has 1 N–H and O–H groups in total. The average Bonchev–Trinajstić information content (AvgIpc) is 2.26. The van der Waals surface area contributed by atoms with Gasteiger partial charge in [-0.1, -0.05) is 0 Å². The van der Waals surface area contributed by atoms with Gasteiger partial charge < -0.3 is 14.5 Å². The molecule has 0 fully saturated rings. The Labute approximate surface area is 108 Å². The second-order valence-electron chi connectivity index (χ2n) is 5.03. The van der Waals surface area contributed by atoms with Crippen molar-refractivity contribution >= 4 is 18.1 Å². The predicted molar refractivity (Wildman–Crippen MR) is 68.6 cm³/mol. The lowest BCUT2D eigenvalue weighted by molar-refractivity contribution is 0.133. The Morgan fingerprint density at radius 1 is 1.06 bits per heavy atom. The van der Waals surface area contributed by atoms with Crippen molar-refractivity contribution in [2.45, 2.75) is 26.3 Å². The highest BCUT2D eigenvalue weighted by Crippen LogP contribution is 2.14. The number of hydrogen-bond donors (Lipinski definition) is 1. The van der Waals surface area contributed by atoms with Crippen LogP contribution in [0.3, 0.4) is 0 Å². The molecule has 7 heteroatoms. The van der Waals surface area contributed by atoms with E-state index in [0.717, 1.165) is 0 Å². The summed E-state index contributed by atoms with van der Waals surface area (Å²) in [5.41, 5.74) is -0.462. The van der Waals surface area contributed by atoms with Gasteiger partial charge in [0.25, 0.3) is 0 Å². The van der Waals surface area contributed by atoms with Crippen LogP contribution >= 0.6 is 0 Å². The van der Waals surface area contributed by atoms with Gasteiger partial charge in [0.15, 0.2) is 0 Å². The first-order valence-electron chi connectivity index (χ1n) is 5.45. The Morgan fingerprint density at radius 2 is 1.50 bits per heavy atom. The molecular formula is C11H22N4O3. The van der Waals surface area contributed by atoms with E-state index in [2.05, 4.69) is 4.74 Å². The maximum Gasteiger partial charge on any atom is 0.336 e. The number of carbonyl (C=O) groups excluding carboxylic acids is 2. The Kier molecular flexibility index (Phi) is 5.13. The van der Waals surface area contributed by atoms with E-state index in [0.29, 0.717) is 4.90 Å². The van der Waals surface area contributed by atoms with E-state index in [1.165, 1.54) is 31.0 Å². The lowest BCUT2D eigenvalue weighted by Gasteiger charge is -2.35. The van der Waals surface area contributed by atoms with Gasteiger partial charge in [0.2, 0.25) is 0 Å². The lowest BCUT2D eigenvalue weighted by Crippen LogP contribution is -2.55. The molecule has 0 radical (unpaired) electrons. The van der Waals surface area contributed by atoms with Gasteiger partial charge in [0.1, 0.15) is 0 Å². The second-order valence-corrected chi connectivity index (χ2v) is 5.03. The second kappa shape index (κ2) is 5.70. The third-order valence-corrected chi connectivity index (χ3v) is 2.45. The molecule has 0 aromatic heterocycles. The molecule has 0 aromatic carbocycles. The SMILES string of the molecule is COC(=N)N(C(=O)N(C)C)C(=O)N(C)C(C)(C)C. The molecule has 0 atom stereocenters. The molecule has 0 aliphatic rings. The third kappa shape index (κ3) is 3.61. The Balaban J connectivity index is 5.29. The standard InChI is InChI=1S/C11H22N4O3/c1-11(2,3)14(6)10(17)15(8(12)18-7)9(16)13(4)5/h12H,1-7H3. The van der Waals surface area contributed by atoms with Crippen LogP contribution in [0.5, 0.6) is 0 Å². The van der Waals surface area contributed by atoms with Gasteiger partial charge in [-0.25, -0.2) is 9.59 Å². The zero-order valence-electron chi connectivity index (χ0n) is 12.1. The summed E-state index contributed by atoms with van der Waals surface area (Å²) in [5, 5.41) is 7.56. The molecule has 0 rings (SSSR count). The van der Waals surface area contributed by atoms with Crippen LogP contribution in [0.4, 0.5) is 9.59 Å².